The Morgan fingerprint density at radius 2 is 1.68 bits per heavy atom. The lowest BCUT2D eigenvalue weighted by atomic mass is 10.0. The summed E-state index contributed by atoms with van der Waals surface area (Å²) >= 11 is 1.64. The van der Waals surface area contributed by atoms with Crippen LogP contribution in [0, 0.1) is 0 Å². The minimum absolute atomic E-state index is 0.0320. The normalized spacial score (nSPS) is 18.4. The van der Waals surface area contributed by atoms with E-state index >= 15 is 0 Å². The molecule has 0 saturated carbocycles. The molecule has 2 atom stereocenters. The Morgan fingerprint density at radius 3 is 2.39 bits per heavy atom. The standard InChI is InChI=1S/C26H25NO3S/c1-2-3-12-23-25(30)27(21-13-15-22(28)16-14-21)26(31-23)20-11-7-10-19(17-20)24(29)18-8-5-4-6-9-18/h4-11,13-17,23,26,28H,2-3,12H2,1H3/t23-,26-/m1/s1. The van der Waals surface area contributed by atoms with Gasteiger partial charge in [-0.05, 0) is 42.3 Å². The summed E-state index contributed by atoms with van der Waals surface area (Å²) in [5.74, 6) is 0.210. The summed E-state index contributed by atoms with van der Waals surface area (Å²) in [5.41, 5.74) is 2.93. The monoisotopic (exact) mass is 431 g/mol. The number of hydrogen-bond donors (Lipinski definition) is 1. The molecule has 0 aromatic heterocycles. The lowest BCUT2D eigenvalue weighted by Gasteiger charge is -2.24. The second-order valence-electron chi connectivity index (χ2n) is 7.66. The number of phenolic OH excluding ortho intramolecular Hbond substituents is 1. The molecule has 0 unspecified atom stereocenters. The maximum Gasteiger partial charge on any atom is 0.241 e. The summed E-state index contributed by atoms with van der Waals surface area (Å²) in [4.78, 5) is 28.1. The fourth-order valence-corrected chi connectivity index (χ4v) is 5.31. The molecule has 1 aliphatic rings. The van der Waals surface area contributed by atoms with E-state index in [2.05, 4.69) is 6.92 Å². The average molecular weight is 432 g/mol. The molecular weight excluding hydrogens is 406 g/mol. The maximum absolute atomic E-state index is 13.3. The zero-order valence-corrected chi connectivity index (χ0v) is 18.2. The number of phenols is 1. The van der Waals surface area contributed by atoms with Crippen molar-refractivity contribution in [2.45, 2.75) is 36.8 Å². The van der Waals surface area contributed by atoms with Gasteiger partial charge >= 0.3 is 0 Å². The number of carbonyl (C=O) groups excluding carboxylic acids is 2. The van der Waals surface area contributed by atoms with Crippen molar-refractivity contribution in [3.8, 4) is 5.75 Å². The fraction of sp³-hybridized carbons (Fsp3) is 0.231. The van der Waals surface area contributed by atoms with E-state index in [-0.39, 0.29) is 28.1 Å². The topological polar surface area (TPSA) is 57.6 Å². The number of hydrogen-bond acceptors (Lipinski definition) is 4. The molecule has 1 heterocycles. The largest absolute Gasteiger partial charge is 0.508 e. The molecule has 3 aromatic rings. The highest BCUT2D eigenvalue weighted by Crippen LogP contribution is 2.47. The van der Waals surface area contributed by atoms with Crippen molar-refractivity contribution >= 4 is 29.1 Å². The van der Waals surface area contributed by atoms with Crippen LogP contribution in [0.1, 0.15) is 53.0 Å². The first-order valence-corrected chi connectivity index (χ1v) is 11.5. The van der Waals surface area contributed by atoms with Crippen LogP contribution in [-0.2, 0) is 4.79 Å². The van der Waals surface area contributed by atoms with Gasteiger partial charge in [0.25, 0.3) is 0 Å². The van der Waals surface area contributed by atoms with Gasteiger partial charge in [0.05, 0.1) is 5.25 Å². The number of aromatic hydroxyl groups is 1. The summed E-state index contributed by atoms with van der Waals surface area (Å²) in [7, 11) is 0. The number of unbranched alkanes of at least 4 members (excludes halogenated alkanes) is 1. The highest BCUT2D eigenvalue weighted by atomic mass is 32.2. The molecule has 0 spiro atoms. The van der Waals surface area contributed by atoms with Crippen LogP contribution in [-0.4, -0.2) is 22.0 Å². The SMILES string of the molecule is CCCC[C@H]1S[C@H](c2cccc(C(=O)c3ccccc3)c2)N(c2ccc(O)cc2)C1=O. The number of amides is 1. The van der Waals surface area contributed by atoms with Crippen LogP contribution in [0.15, 0.2) is 78.9 Å². The molecule has 1 fully saturated rings. The molecule has 0 aliphatic carbocycles. The van der Waals surface area contributed by atoms with E-state index in [9.17, 15) is 14.7 Å². The molecular formula is C26H25NO3S. The Labute approximate surface area is 186 Å². The van der Waals surface area contributed by atoms with E-state index in [0.717, 1.165) is 30.5 Å². The minimum Gasteiger partial charge on any atom is -0.508 e. The first kappa shape index (κ1) is 21.2. The molecule has 158 valence electrons. The van der Waals surface area contributed by atoms with Crippen LogP contribution >= 0.6 is 11.8 Å². The molecule has 4 nitrogen and oxygen atoms in total. The van der Waals surface area contributed by atoms with Gasteiger partial charge < -0.3 is 5.11 Å². The minimum atomic E-state index is -0.220. The molecule has 4 rings (SSSR count). The number of benzene rings is 3. The average Bonchev–Trinajstić information content (AvgIpc) is 3.14. The molecule has 3 aromatic carbocycles. The number of thioether (sulfide) groups is 1. The zero-order chi connectivity index (χ0) is 21.8. The van der Waals surface area contributed by atoms with Crippen molar-refractivity contribution in [3.05, 3.63) is 95.6 Å². The van der Waals surface area contributed by atoms with Gasteiger partial charge in [-0.3, -0.25) is 14.5 Å². The number of carbonyl (C=O) groups is 2. The van der Waals surface area contributed by atoms with Crippen molar-refractivity contribution in [3.63, 3.8) is 0 Å². The fourth-order valence-electron chi connectivity index (χ4n) is 3.82. The van der Waals surface area contributed by atoms with Gasteiger partial charge in [-0.25, -0.2) is 0 Å². The van der Waals surface area contributed by atoms with Crippen LogP contribution in [0.3, 0.4) is 0 Å². The number of anilines is 1. The predicted molar refractivity (Wildman–Crippen MR) is 126 cm³/mol. The molecule has 31 heavy (non-hydrogen) atoms. The number of nitrogens with zero attached hydrogens (tertiary/aromatic N) is 1. The first-order chi connectivity index (χ1) is 15.1. The van der Waals surface area contributed by atoms with Crippen molar-refractivity contribution in [1.29, 1.82) is 0 Å². The van der Waals surface area contributed by atoms with Crippen LogP contribution < -0.4 is 4.90 Å². The Morgan fingerprint density at radius 1 is 0.968 bits per heavy atom. The Balaban J connectivity index is 1.69. The first-order valence-electron chi connectivity index (χ1n) is 10.6. The second kappa shape index (κ2) is 9.40. The second-order valence-corrected chi connectivity index (χ2v) is 8.95. The van der Waals surface area contributed by atoms with Crippen LogP contribution in [0.2, 0.25) is 0 Å². The summed E-state index contributed by atoms with van der Waals surface area (Å²) in [6.07, 6.45) is 2.86. The number of rotatable bonds is 7. The highest BCUT2D eigenvalue weighted by Gasteiger charge is 2.41. The Kier molecular flexibility index (Phi) is 6.42. The molecule has 1 amide bonds. The Bertz CT molecular complexity index is 1070. The van der Waals surface area contributed by atoms with E-state index < -0.39 is 0 Å². The van der Waals surface area contributed by atoms with Crippen molar-refractivity contribution in [1.82, 2.24) is 0 Å². The lowest BCUT2D eigenvalue weighted by molar-refractivity contribution is -0.117. The summed E-state index contributed by atoms with van der Waals surface area (Å²) < 4.78 is 0. The maximum atomic E-state index is 13.3. The summed E-state index contributed by atoms with van der Waals surface area (Å²) in [6.45, 7) is 2.12. The van der Waals surface area contributed by atoms with Gasteiger partial charge in [-0.2, -0.15) is 0 Å². The molecule has 0 radical (unpaired) electrons. The molecule has 1 N–H and O–H groups in total. The molecule has 1 saturated heterocycles. The van der Waals surface area contributed by atoms with Crippen LogP contribution in [0.4, 0.5) is 5.69 Å². The zero-order valence-electron chi connectivity index (χ0n) is 17.4. The van der Waals surface area contributed by atoms with E-state index in [1.807, 2.05) is 54.6 Å². The van der Waals surface area contributed by atoms with Crippen LogP contribution in [0.25, 0.3) is 0 Å². The van der Waals surface area contributed by atoms with E-state index in [1.54, 1.807) is 40.9 Å². The van der Waals surface area contributed by atoms with Gasteiger partial charge in [0, 0.05) is 16.8 Å². The summed E-state index contributed by atoms with van der Waals surface area (Å²) in [5, 5.41) is 9.34. The smallest absolute Gasteiger partial charge is 0.241 e. The highest BCUT2D eigenvalue weighted by molar-refractivity contribution is 8.01. The quantitative estimate of drug-likeness (QED) is 0.469. The van der Waals surface area contributed by atoms with Gasteiger partial charge in [-0.1, -0.05) is 68.3 Å². The van der Waals surface area contributed by atoms with Crippen molar-refractivity contribution in [2.24, 2.45) is 0 Å². The third-order valence-electron chi connectivity index (χ3n) is 5.46. The van der Waals surface area contributed by atoms with Gasteiger partial charge in [-0.15, -0.1) is 11.8 Å². The summed E-state index contributed by atoms with van der Waals surface area (Å²) in [6, 6.07) is 23.5. The van der Waals surface area contributed by atoms with E-state index in [0.29, 0.717) is 11.1 Å². The van der Waals surface area contributed by atoms with E-state index in [1.165, 1.54) is 0 Å². The van der Waals surface area contributed by atoms with Crippen molar-refractivity contribution < 1.29 is 14.7 Å². The van der Waals surface area contributed by atoms with Gasteiger partial charge in [0.2, 0.25) is 5.91 Å². The lowest BCUT2D eigenvalue weighted by Crippen LogP contribution is -2.31. The molecule has 1 aliphatic heterocycles. The van der Waals surface area contributed by atoms with E-state index in [4.69, 9.17) is 0 Å². The van der Waals surface area contributed by atoms with Gasteiger partial charge in [0.1, 0.15) is 11.1 Å². The van der Waals surface area contributed by atoms with Crippen LogP contribution in [0.5, 0.6) is 5.75 Å². The van der Waals surface area contributed by atoms with Gasteiger partial charge in [0.15, 0.2) is 5.78 Å². The third kappa shape index (κ3) is 4.52. The predicted octanol–water partition coefficient (Wildman–Crippen LogP) is 5.96. The Hall–Kier alpha value is -3.05. The molecule has 5 heteroatoms. The molecule has 0 bridgehead atoms. The number of ketones is 1. The van der Waals surface area contributed by atoms with Crippen molar-refractivity contribution in [2.75, 3.05) is 4.90 Å². The third-order valence-corrected chi connectivity index (χ3v) is 6.96.